The van der Waals surface area contributed by atoms with Crippen molar-refractivity contribution in [3.05, 3.63) is 55.7 Å². The SMILES string of the molecule is CN1c2c(c(=O)n(C)c(=O)n2C)N(Cc2ccc(Cl)cc2)C1OCCCCCO. The standard InChI is InChI=1S/C20H27ClN4O4/c1-22-17-16(18(27)24(3)19(22)28)25(13-14-7-9-15(21)10-8-14)20(23(17)2)29-12-6-4-5-11-26/h7-10,20,26H,4-6,11-13H2,1-3H3. The lowest BCUT2D eigenvalue weighted by atomic mass is 10.2. The van der Waals surface area contributed by atoms with Crippen LogP contribution in [-0.4, -0.2) is 40.9 Å². The molecule has 3 rings (SSSR count). The number of anilines is 2. The number of hydrogen-bond acceptors (Lipinski definition) is 6. The van der Waals surface area contributed by atoms with Crippen LogP contribution in [0.25, 0.3) is 0 Å². The van der Waals surface area contributed by atoms with E-state index in [0.717, 1.165) is 29.4 Å². The van der Waals surface area contributed by atoms with Crippen LogP contribution in [0.15, 0.2) is 33.9 Å². The molecular weight excluding hydrogens is 396 g/mol. The maximum atomic E-state index is 13.0. The number of hydrogen-bond donors (Lipinski definition) is 1. The highest BCUT2D eigenvalue weighted by atomic mass is 35.5. The first-order valence-electron chi connectivity index (χ1n) is 9.63. The predicted molar refractivity (Wildman–Crippen MR) is 114 cm³/mol. The Morgan fingerprint density at radius 1 is 1.03 bits per heavy atom. The Kier molecular flexibility index (Phi) is 6.66. The molecule has 29 heavy (non-hydrogen) atoms. The molecule has 9 heteroatoms. The summed E-state index contributed by atoms with van der Waals surface area (Å²) in [4.78, 5) is 29.1. The zero-order chi connectivity index (χ0) is 21.1. The van der Waals surface area contributed by atoms with E-state index in [-0.39, 0.29) is 17.9 Å². The van der Waals surface area contributed by atoms with Crippen molar-refractivity contribution in [2.45, 2.75) is 32.2 Å². The maximum absolute atomic E-state index is 13.0. The number of aliphatic hydroxyl groups excluding tert-OH is 1. The summed E-state index contributed by atoms with van der Waals surface area (Å²) in [6.45, 7) is 1.08. The van der Waals surface area contributed by atoms with Gasteiger partial charge in [0.25, 0.3) is 5.56 Å². The first kappa shape index (κ1) is 21.4. The minimum Gasteiger partial charge on any atom is -0.396 e. The summed E-state index contributed by atoms with van der Waals surface area (Å²) in [5.41, 5.74) is 0.679. The van der Waals surface area contributed by atoms with Gasteiger partial charge in [0, 0.05) is 39.3 Å². The molecule has 1 aromatic heterocycles. The monoisotopic (exact) mass is 422 g/mol. The molecule has 1 aliphatic heterocycles. The number of nitrogens with zero attached hydrogens (tertiary/aromatic N) is 4. The molecule has 1 aromatic carbocycles. The Labute approximate surface area is 174 Å². The van der Waals surface area contributed by atoms with Crippen LogP contribution in [0.5, 0.6) is 0 Å². The molecule has 0 aliphatic carbocycles. The molecule has 0 amide bonds. The quantitative estimate of drug-likeness (QED) is 0.652. The van der Waals surface area contributed by atoms with Gasteiger partial charge >= 0.3 is 5.69 Å². The van der Waals surface area contributed by atoms with E-state index in [1.165, 1.54) is 11.6 Å². The lowest BCUT2D eigenvalue weighted by molar-refractivity contribution is 0.0518. The summed E-state index contributed by atoms with van der Waals surface area (Å²) in [6.07, 6.45) is 1.87. The van der Waals surface area contributed by atoms with Crippen molar-refractivity contribution in [3.63, 3.8) is 0 Å². The molecule has 8 nitrogen and oxygen atoms in total. The smallest absolute Gasteiger partial charge is 0.332 e. The third-order valence-corrected chi connectivity index (χ3v) is 5.42. The van der Waals surface area contributed by atoms with Gasteiger partial charge < -0.3 is 19.6 Å². The normalized spacial score (nSPS) is 15.8. The van der Waals surface area contributed by atoms with E-state index in [4.69, 9.17) is 21.4 Å². The largest absolute Gasteiger partial charge is 0.396 e. The predicted octanol–water partition coefficient (Wildman–Crippen LogP) is 1.66. The minimum atomic E-state index is -0.518. The number of ether oxygens (including phenoxy) is 1. The van der Waals surface area contributed by atoms with Crippen molar-refractivity contribution in [2.75, 3.05) is 30.1 Å². The van der Waals surface area contributed by atoms with Crippen molar-refractivity contribution in [2.24, 2.45) is 14.1 Å². The summed E-state index contributed by atoms with van der Waals surface area (Å²) in [7, 11) is 4.95. The first-order chi connectivity index (χ1) is 13.9. The van der Waals surface area contributed by atoms with E-state index in [9.17, 15) is 9.59 Å². The molecule has 0 bridgehead atoms. The fourth-order valence-corrected chi connectivity index (χ4v) is 3.75. The zero-order valence-electron chi connectivity index (χ0n) is 17.0. The molecule has 0 radical (unpaired) electrons. The van der Waals surface area contributed by atoms with Crippen LogP contribution in [0.4, 0.5) is 11.5 Å². The summed E-state index contributed by atoms with van der Waals surface area (Å²) >= 11 is 6.00. The molecule has 1 aliphatic rings. The Hall–Kier alpha value is -2.29. The van der Waals surface area contributed by atoms with Gasteiger partial charge in [0.1, 0.15) is 11.5 Å². The van der Waals surface area contributed by atoms with Crippen LogP contribution < -0.4 is 21.0 Å². The molecule has 0 spiro atoms. The molecule has 0 fully saturated rings. The molecule has 2 heterocycles. The molecule has 0 saturated heterocycles. The second-order valence-corrected chi connectivity index (χ2v) is 7.66. The second kappa shape index (κ2) is 9.02. The third-order valence-electron chi connectivity index (χ3n) is 5.17. The average Bonchev–Trinajstić information content (AvgIpc) is 2.98. The molecule has 0 saturated carbocycles. The van der Waals surface area contributed by atoms with E-state index in [0.29, 0.717) is 29.7 Å². The topological polar surface area (TPSA) is 79.9 Å². The van der Waals surface area contributed by atoms with Crippen LogP contribution in [0.3, 0.4) is 0 Å². The van der Waals surface area contributed by atoms with Crippen LogP contribution >= 0.6 is 11.6 Å². The number of unbranched alkanes of at least 4 members (excludes halogenated alkanes) is 2. The highest BCUT2D eigenvalue weighted by Crippen LogP contribution is 2.36. The van der Waals surface area contributed by atoms with E-state index >= 15 is 0 Å². The van der Waals surface area contributed by atoms with Crippen molar-refractivity contribution >= 4 is 23.1 Å². The van der Waals surface area contributed by atoms with E-state index in [1.54, 1.807) is 19.2 Å². The maximum Gasteiger partial charge on any atom is 0.332 e. The van der Waals surface area contributed by atoms with Gasteiger partial charge in [-0.25, -0.2) is 4.79 Å². The Balaban J connectivity index is 1.97. The summed E-state index contributed by atoms with van der Waals surface area (Å²) < 4.78 is 8.71. The Morgan fingerprint density at radius 3 is 2.38 bits per heavy atom. The Morgan fingerprint density at radius 2 is 1.72 bits per heavy atom. The highest BCUT2D eigenvalue weighted by Gasteiger charge is 2.39. The van der Waals surface area contributed by atoms with E-state index < -0.39 is 6.35 Å². The van der Waals surface area contributed by atoms with Crippen molar-refractivity contribution in [1.29, 1.82) is 0 Å². The minimum absolute atomic E-state index is 0.162. The number of fused-ring (bicyclic) bond motifs is 1. The van der Waals surface area contributed by atoms with Crippen molar-refractivity contribution < 1.29 is 9.84 Å². The molecule has 158 valence electrons. The van der Waals surface area contributed by atoms with Gasteiger partial charge in [-0.15, -0.1) is 0 Å². The fraction of sp³-hybridized carbons (Fsp3) is 0.500. The molecule has 1 atom stereocenters. The number of rotatable bonds is 8. The summed E-state index contributed by atoms with van der Waals surface area (Å²) in [5.74, 6) is 0.535. The van der Waals surface area contributed by atoms with Crippen molar-refractivity contribution in [3.8, 4) is 0 Å². The van der Waals surface area contributed by atoms with Gasteiger partial charge in [-0.05, 0) is 37.0 Å². The summed E-state index contributed by atoms with van der Waals surface area (Å²) in [6, 6.07) is 7.43. The highest BCUT2D eigenvalue weighted by molar-refractivity contribution is 6.30. The lowest BCUT2D eigenvalue weighted by Gasteiger charge is -2.30. The summed E-state index contributed by atoms with van der Waals surface area (Å²) in [5, 5.41) is 9.58. The van der Waals surface area contributed by atoms with E-state index in [2.05, 4.69) is 0 Å². The van der Waals surface area contributed by atoms with Gasteiger partial charge in [0.15, 0.2) is 0 Å². The van der Waals surface area contributed by atoms with Gasteiger partial charge in [0.05, 0.1) is 6.61 Å². The molecule has 1 unspecified atom stereocenters. The van der Waals surface area contributed by atoms with Crippen LogP contribution in [0, 0.1) is 0 Å². The van der Waals surface area contributed by atoms with Crippen LogP contribution in [0.1, 0.15) is 24.8 Å². The van der Waals surface area contributed by atoms with Gasteiger partial charge in [-0.1, -0.05) is 23.7 Å². The van der Waals surface area contributed by atoms with Gasteiger partial charge in [0.2, 0.25) is 6.35 Å². The number of benzene rings is 1. The number of aliphatic hydroxyl groups is 1. The fourth-order valence-electron chi connectivity index (χ4n) is 3.62. The Bertz CT molecular complexity index is 970. The molecule has 2 aromatic rings. The molecule has 1 N–H and O–H groups in total. The number of halogens is 1. The van der Waals surface area contributed by atoms with Crippen molar-refractivity contribution in [1.82, 2.24) is 9.13 Å². The first-order valence-corrected chi connectivity index (χ1v) is 10.0. The third kappa shape index (κ3) is 4.19. The van der Waals surface area contributed by atoms with Gasteiger partial charge in [-0.2, -0.15) is 0 Å². The lowest BCUT2D eigenvalue weighted by Crippen LogP contribution is -2.44. The molecular formula is C20H27ClN4O4. The average molecular weight is 423 g/mol. The number of aromatic nitrogens is 2. The zero-order valence-corrected chi connectivity index (χ0v) is 17.7. The second-order valence-electron chi connectivity index (χ2n) is 7.22. The van der Waals surface area contributed by atoms with Crippen LogP contribution in [0.2, 0.25) is 5.02 Å². The van der Waals surface area contributed by atoms with E-state index in [1.807, 2.05) is 29.0 Å². The van der Waals surface area contributed by atoms with Gasteiger partial charge in [-0.3, -0.25) is 13.9 Å². The van der Waals surface area contributed by atoms with Crippen LogP contribution in [-0.2, 0) is 25.4 Å².